The number of carbonyl (C=O) groups is 2. The fourth-order valence-electron chi connectivity index (χ4n) is 2.66. The van der Waals surface area contributed by atoms with Gasteiger partial charge in [-0.1, -0.05) is 0 Å². The number of urea groups is 1. The van der Waals surface area contributed by atoms with Gasteiger partial charge in [-0.2, -0.15) is 0 Å². The van der Waals surface area contributed by atoms with Crippen molar-refractivity contribution < 1.29 is 9.59 Å². The first-order valence-corrected chi connectivity index (χ1v) is 6.93. The molecule has 19 heavy (non-hydrogen) atoms. The smallest absolute Gasteiger partial charge is 0.324 e. The van der Waals surface area contributed by atoms with Crippen molar-refractivity contribution in [2.24, 2.45) is 0 Å². The van der Waals surface area contributed by atoms with E-state index in [1.54, 1.807) is 13.8 Å². The van der Waals surface area contributed by atoms with Gasteiger partial charge in [0.15, 0.2) is 0 Å². The van der Waals surface area contributed by atoms with Gasteiger partial charge >= 0.3 is 6.03 Å². The van der Waals surface area contributed by atoms with Gasteiger partial charge in [0, 0.05) is 38.3 Å². The van der Waals surface area contributed by atoms with Crippen LogP contribution in [0.5, 0.6) is 0 Å². The summed E-state index contributed by atoms with van der Waals surface area (Å²) in [5.41, 5.74) is -0.764. The number of imide groups is 1. The van der Waals surface area contributed by atoms with E-state index >= 15 is 0 Å². The van der Waals surface area contributed by atoms with Crippen LogP contribution in [0.3, 0.4) is 0 Å². The molecule has 0 aromatic carbocycles. The van der Waals surface area contributed by atoms with E-state index in [9.17, 15) is 9.59 Å². The molecule has 3 amide bonds. The van der Waals surface area contributed by atoms with Gasteiger partial charge in [0.2, 0.25) is 0 Å². The molecule has 2 atom stereocenters. The maximum Gasteiger partial charge on any atom is 0.325 e. The number of rotatable bonds is 3. The first-order chi connectivity index (χ1) is 8.81. The van der Waals surface area contributed by atoms with Crippen molar-refractivity contribution in [2.75, 3.05) is 26.2 Å². The van der Waals surface area contributed by atoms with Crippen LogP contribution in [0.25, 0.3) is 0 Å². The number of carbonyl (C=O) groups excluding carboxylic acids is 2. The number of nitrogens with one attached hydrogen (secondary N) is 2. The van der Waals surface area contributed by atoms with E-state index in [1.165, 1.54) is 4.90 Å². The summed E-state index contributed by atoms with van der Waals surface area (Å²) >= 11 is 0. The predicted octanol–water partition coefficient (Wildman–Crippen LogP) is -0.001000. The van der Waals surface area contributed by atoms with Crippen molar-refractivity contribution in [3.63, 3.8) is 0 Å². The van der Waals surface area contributed by atoms with Gasteiger partial charge in [0.1, 0.15) is 5.54 Å². The third kappa shape index (κ3) is 2.90. The molecule has 2 heterocycles. The second kappa shape index (κ2) is 5.09. The van der Waals surface area contributed by atoms with E-state index in [-0.39, 0.29) is 11.9 Å². The van der Waals surface area contributed by atoms with Gasteiger partial charge in [-0.25, -0.2) is 4.79 Å². The van der Waals surface area contributed by atoms with Crippen molar-refractivity contribution in [1.82, 2.24) is 20.4 Å². The molecule has 2 rings (SSSR count). The Morgan fingerprint density at radius 2 is 1.95 bits per heavy atom. The zero-order valence-corrected chi connectivity index (χ0v) is 12.2. The average Bonchev–Trinajstić information content (AvgIpc) is 2.51. The molecule has 0 aromatic rings. The Balaban J connectivity index is 1.92. The summed E-state index contributed by atoms with van der Waals surface area (Å²) in [4.78, 5) is 27.5. The van der Waals surface area contributed by atoms with Crippen molar-refractivity contribution in [3.8, 4) is 0 Å². The summed E-state index contributed by atoms with van der Waals surface area (Å²) in [5, 5.41) is 6.13. The minimum absolute atomic E-state index is 0.131. The van der Waals surface area contributed by atoms with E-state index in [1.807, 2.05) is 0 Å². The lowest BCUT2D eigenvalue weighted by molar-refractivity contribution is -0.130. The quantitative estimate of drug-likeness (QED) is 0.707. The van der Waals surface area contributed by atoms with E-state index < -0.39 is 5.54 Å². The Labute approximate surface area is 114 Å². The summed E-state index contributed by atoms with van der Waals surface area (Å²) in [6.07, 6.45) is 0. The van der Waals surface area contributed by atoms with Gasteiger partial charge in [-0.3, -0.25) is 14.6 Å². The van der Waals surface area contributed by atoms with Crippen LogP contribution in [-0.4, -0.2) is 65.5 Å². The number of nitrogens with zero attached hydrogens (tertiary/aromatic N) is 2. The lowest BCUT2D eigenvalue weighted by Gasteiger charge is -2.38. The van der Waals surface area contributed by atoms with Crippen molar-refractivity contribution >= 4 is 11.9 Å². The Morgan fingerprint density at radius 1 is 1.26 bits per heavy atom. The van der Waals surface area contributed by atoms with Crippen LogP contribution in [0.2, 0.25) is 0 Å². The average molecular weight is 268 g/mol. The third-order valence-electron chi connectivity index (χ3n) is 3.95. The summed E-state index contributed by atoms with van der Waals surface area (Å²) in [5.74, 6) is -0.131. The van der Waals surface area contributed by atoms with E-state index in [2.05, 4.69) is 29.4 Å². The van der Waals surface area contributed by atoms with Crippen molar-refractivity contribution in [3.05, 3.63) is 0 Å². The molecule has 0 bridgehead atoms. The molecule has 0 saturated carbocycles. The second-order valence-electron chi connectivity index (χ2n) is 6.17. The van der Waals surface area contributed by atoms with Crippen LogP contribution in [0.4, 0.5) is 4.79 Å². The number of amides is 3. The van der Waals surface area contributed by atoms with Gasteiger partial charge in [0.25, 0.3) is 5.91 Å². The Hall–Kier alpha value is -1.14. The molecular formula is C13H24N4O2. The van der Waals surface area contributed by atoms with Crippen LogP contribution >= 0.6 is 0 Å². The third-order valence-corrected chi connectivity index (χ3v) is 3.95. The highest BCUT2D eigenvalue weighted by atomic mass is 16.2. The van der Waals surface area contributed by atoms with Gasteiger partial charge in [0.05, 0.1) is 0 Å². The topological polar surface area (TPSA) is 64.7 Å². The summed E-state index contributed by atoms with van der Waals surface area (Å²) in [7, 11) is 0. The first kappa shape index (κ1) is 14.3. The number of hydrogen-bond donors (Lipinski definition) is 2. The standard InChI is InChI=1S/C13H24N4O2/c1-9-8-16(10(2)7-14-9)5-6-17-11(18)13(3,4)15-12(17)19/h9-10,14H,5-8H2,1-4H3,(H,15,19). The zero-order chi connectivity index (χ0) is 14.2. The molecule has 0 spiro atoms. The van der Waals surface area contributed by atoms with Crippen LogP contribution in [0.1, 0.15) is 27.7 Å². The molecule has 6 heteroatoms. The molecule has 108 valence electrons. The highest BCUT2D eigenvalue weighted by molar-refractivity contribution is 6.06. The summed E-state index contributed by atoms with van der Waals surface area (Å²) in [6.45, 7) is 10.9. The molecular weight excluding hydrogens is 244 g/mol. The van der Waals surface area contributed by atoms with Gasteiger partial charge < -0.3 is 10.6 Å². The first-order valence-electron chi connectivity index (χ1n) is 6.93. The van der Waals surface area contributed by atoms with Crippen molar-refractivity contribution in [2.45, 2.75) is 45.3 Å². The van der Waals surface area contributed by atoms with Crippen LogP contribution in [0.15, 0.2) is 0 Å². The fraction of sp³-hybridized carbons (Fsp3) is 0.846. The molecule has 2 N–H and O–H groups in total. The van der Waals surface area contributed by atoms with Crippen molar-refractivity contribution in [1.29, 1.82) is 0 Å². The van der Waals surface area contributed by atoms with E-state index in [0.717, 1.165) is 19.6 Å². The molecule has 0 radical (unpaired) electrons. The molecule has 2 unspecified atom stereocenters. The second-order valence-corrected chi connectivity index (χ2v) is 6.17. The molecule has 0 aromatic heterocycles. The summed E-state index contributed by atoms with van der Waals surface area (Å²) < 4.78 is 0. The monoisotopic (exact) mass is 268 g/mol. The van der Waals surface area contributed by atoms with Gasteiger partial charge in [-0.05, 0) is 27.7 Å². The molecule has 2 aliphatic rings. The maximum atomic E-state index is 12.1. The Kier molecular flexibility index (Phi) is 3.82. The molecule has 2 aliphatic heterocycles. The largest absolute Gasteiger partial charge is 0.325 e. The van der Waals surface area contributed by atoms with E-state index in [0.29, 0.717) is 18.6 Å². The van der Waals surface area contributed by atoms with Crippen LogP contribution < -0.4 is 10.6 Å². The van der Waals surface area contributed by atoms with Crippen LogP contribution in [0, 0.1) is 0 Å². The SMILES string of the molecule is CC1CN(CCN2C(=O)NC(C)(C)C2=O)C(C)CN1. The summed E-state index contributed by atoms with van der Waals surface area (Å²) in [6, 6.07) is 0.617. The predicted molar refractivity (Wildman–Crippen MR) is 72.8 cm³/mol. The molecule has 2 saturated heterocycles. The van der Waals surface area contributed by atoms with E-state index in [4.69, 9.17) is 0 Å². The minimum atomic E-state index is -0.764. The lowest BCUT2D eigenvalue weighted by Crippen LogP contribution is -2.56. The fourth-order valence-corrected chi connectivity index (χ4v) is 2.66. The Morgan fingerprint density at radius 3 is 2.53 bits per heavy atom. The normalized spacial score (nSPS) is 31.7. The maximum absolute atomic E-state index is 12.1. The molecule has 6 nitrogen and oxygen atoms in total. The molecule has 0 aliphatic carbocycles. The minimum Gasteiger partial charge on any atom is -0.324 e. The number of piperazine rings is 1. The lowest BCUT2D eigenvalue weighted by atomic mass is 10.1. The van der Waals surface area contributed by atoms with Crippen LogP contribution in [-0.2, 0) is 4.79 Å². The van der Waals surface area contributed by atoms with Gasteiger partial charge in [-0.15, -0.1) is 0 Å². The zero-order valence-electron chi connectivity index (χ0n) is 12.2. The highest BCUT2D eigenvalue weighted by Gasteiger charge is 2.44. The molecule has 2 fully saturated rings. The Bertz CT molecular complexity index is 383. The highest BCUT2D eigenvalue weighted by Crippen LogP contribution is 2.16. The number of hydrogen-bond acceptors (Lipinski definition) is 4.